The van der Waals surface area contributed by atoms with Crippen LogP contribution >= 0.6 is 0 Å². The number of methoxy groups -OCH3 is 1. The molecule has 0 bridgehead atoms. The van der Waals surface area contributed by atoms with Crippen LogP contribution < -0.4 is 0 Å². The summed E-state index contributed by atoms with van der Waals surface area (Å²) in [5.41, 5.74) is -0.522. The highest BCUT2D eigenvalue weighted by atomic mass is 16.6. The molecule has 0 aromatic heterocycles. The van der Waals surface area contributed by atoms with Crippen molar-refractivity contribution in [2.24, 2.45) is 5.92 Å². The summed E-state index contributed by atoms with van der Waals surface area (Å²) in [6, 6.07) is -0.121. The van der Waals surface area contributed by atoms with E-state index in [1.165, 1.54) is 0 Å². The molecule has 1 amide bonds. The van der Waals surface area contributed by atoms with Crippen molar-refractivity contribution in [3.63, 3.8) is 0 Å². The lowest BCUT2D eigenvalue weighted by molar-refractivity contribution is 0.0117. The summed E-state index contributed by atoms with van der Waals surface area (Å²) in [5.74, 6) is 0.00229. The van der Waals surface area contributed by atoms with Crippen LogP contribution in [0, 0.1) is 5.92 Å². The highest BCUT2D eigenvalue weighted by molar-refractivity contribution is 5.69. The van der Waals surface area contributed by atoms with E-state index in [0.717, 1.165) is 0 Å². The zero-order valence-electron chi connectivity index (χ0n) is 11.3. The van der Waals surface area contributed by atoms with Crippen LogP contribution in [-0.2, 0) is 9.47 Å². The van der Waals surface area contributed by atoms with Crippen LogP contribution in [0.5, 0.6) is 0 Å². The zero-order valence-corrected chi connectivity index (χ0v) is 11.3. The summed E-state index contributed by atoms with van der Waals surface area (Å²) in [6.07, 6.45) is -0.898. The number of hydrogen-bond donors (Lipinski definition) is 1. The Labute approximate surface area is 103 Å². The maximum absolute atomic E-state index is 12.0. The second-order valence-corrected chi connectivity index (χ2v) is 5.58. The molecule has 17 heavy (non-hydrogen) atoms. The normalized spacial score (nSPS) is 29.5. The molecule has 0 unspecified atom stereocenters. The van der Waals surface area contributed by atoms with E-state index in [4.69, 9.17) is 9.47 Å². The molecule has 0 aromatic rings. The van der Waals surface area contributed by atoms with Gasteiger partial charge >= 0.3 is 6.09 Å². The number of rotatable bonds is 2. The molecule has 0 radical (unpaired) electrons. The number of aliphatic hydroxyl groups excluding tert-OH is 1. The summed E-state index contributed by atoms with van der Waals surface area (Å²) in [6.45, 7) is 8.12. The van der Waals surface area contributed by atoms with E-state index in [1.54, 1.807) is 12.0 Å². The number of carbonyl (C=O) groups excluding carboxylic acids is 1. The van der Waals surface area contributed by atoms with E-state index in [0.29, 0.717) is 13.2 Å². The maximum Gasteiger partial charge on any atom is 0.410 e. The highest BCUT2D eigenvalue weighted by Crippen LogP contribution is 2.26. The molecule has 0 aliphatic carbocycles. The number of likely N-dealkylation sites (tertiary alicyclic amines) is 1. The van der Waals surface area contributed by atoms with Gasteiger partial charge in [-0.15, -0.1) is 0 Å². The van der Waals surface area contributed by atoms with Crippen LogP contribution in [0.15, 0.2) is 0 Å². The first-order chi connectivity index (χ1) is 7.76. The third-order valence-electron chi connectivity index (χ3n) is 2.96. The molecule has 5 heteroatoms. The fourth-order valence-corrected chi connectivity index (χ4v) is 1.99. The first-order valence-electron chi connectivity index (χ1n) is 5.93. The van der Waals surface area contributed by atoms with Crippen molar-refractivity contribution < 1.29 is 19.4 Å². The van der Waals surface area contributed by atoms with Gasteiger partial charge < -0.3 is 14.6 Å². The number of ether oxygens (including phenoxy) is 2. The van der Waals surface area contributed by atoms with Gasteiger partial charge in [0, 0.05) is 13.0 Å². The van der Waals surface area contributed by atoms with Crippen LogP contribution in [0.25, 0.3) is 0 Å². The van der Waals surface area contributed by atoms with Crippen molar-refractivity contribution in [3.05, 3.63) is 0 Å². The standard InChI is InChI=1S/C12H23NO4/c1-8-9(7-16-5)13(6-10(8)14)11(15)17-12(2,3)4/h8-10,14H,6-7H2,1-5H3/t8-,9-,10-/m1/s1. The number of aliphatic hydroxyl groups is 1. The smallest absolute Gasteiger partial charge is 0.410 e. The fourth-order valence-electron chi connectivity index (χ4n) is 1.99. The Morgan fingerprint density at radius 3 is 2.53 bits per heavy atom. The summed E-state index contributed by atoms with van der Waals surface area (Å²) in [5, 5.41) is 9.81. The van der Waals surface area contributed by atoms with Gasteiger partial charge in [-0.3, -0.25) is 4.90 Å². The van der Waals surface area contributed by atoms with Gasteiger partial charge in [0.15, 0.2) is 0 Å². The average molecular weight is 245 g/mol. The van der Waals surface area contributed by atoms with Gasteiger partial charge in [0.2, 0.25) is 0 Å². The molecule has 0 spiro atoms. The molecule has 1 aliphatic heterocycles. The lowest BCUT2D eigenvalue weighted by Crippen LogP contribution is -2.43. The van der Waals surface area contributed by atoms with Crippen molar-refractivity contribution >= 4 is 6.09 Å². The summed E-state index contributed by atoms with van der Waals surface area (Å²) in [4.78, 5) is 13.5. The molecule has 0 saturated carbocycles. The van der Waals surface area contributed by atoms with Crippen LogP contribution in [0.3, 0.4) is 0 Å². The largest absolute Gasteiger partial charge is 0.444 e. The Morgan fingerprint density at radius 2 is 2.06 bits per heavy atom. The van der Waals surface area contributed by atoms with Gasteiger partial charge in [0.1, 0.15) is 5.60 Å². The fraction of sp³-hybridized carbons (Fsp3) is 0.917. The predicted molar refractivity (Wildman–Crippen MR) is 63.8 cm³/mol. The first-order valence-corrected chi connectivity index (χ1v) is 5.93. The van der Waals surface area contributed by atoms with Crippen LogP contribution in [-0.4, -0.2) is 54.1 Å². The minimum absolute atomic E-state index is 0.00229. The molecule has 1 aliphatic rings. The molecular weight excluding hydrogens is 222 g/mol. The minimum atomic E-state index is -0.522. The van der Waals surface area contributed by atoms with E-state index in [9.17, 15) is 9.90 Å². The molecule has 1 N–H and O–H groups in total. The van der Waals surface area contributed by atoms with Gasteiger partial charge in [-0.2, -0.15) is 0 Å². The molecule has 5 nitrogen and oxygen atoms in total. The quantitative estimate of drug-likeness (QED) is 0.795. The first kappa shape index (κ1) is 14.3. The van der Waals surface area contributed by atoms with E-state index in [-0.39, 0.29) is 18.1 Å². The van der Waals surface area contributed by atoms with E-state index in [1.807, 2.05) is 27.7 Å². The lowest BCUT2D eigenvalue weighted by atomic mass is 10.0. The molecule has 0 aromatic carbocycles. The number of amides is 1. The van der Waals surface area contributed by atoms with E-state index < -0.39 is 11.7 Å². The maximum atomic E-state index is 12.0. The van der Waals surface area contributed by atoms with Crippen LogP contribution in [0.2, 0.25) is 0 Å². The van der Waals surface area contributed by atoms with Crippen molar-refractivity contribution in [3.8, 4) is 0 Å². The average Bonchev–Trinajstić information content (AvgIpc) is 2.44. The van der Waals surface area contributed by atoms with Crippen molar-refractivity contribution in [1.29, 1.82) is 0 Å². The number of β-amino-alcohol motifs (C(OH)–C–C–N with tert-alkyl or cyclic N) is 1. The third-order valence-corrected chi connectivity index (χ3v) is 2.96. The SMILES string of the molecule is COC[C@@H]1[C@@H](C)[C@H](O)CN1C(=O)OC(C)(C)C. The Bertz CT molecular complexity index is 274. The second-order valence-electron chi connectivity index (χ2n) is 5.58. The summed E-state index contributed by atoms with van der Waals surface area (Å²) >= 11 is 0. The molecule has 1 heterocycles. The van der Waals surface area contributed by atoms with Gasteiger partial charge in [-0.25, -0.2) is 4.79 Å². The van der Waals surface area contributed by atoms with Crippen LogP contribution in [0.1, 0.15) is 27.7 Å². The molecule has 1 rings (SSSR count). The van der Waals surface area contributed by atoms with Crippen LogP contribution in [0.4, 0.5) is 4.79 Å². The third kappa shape index (κ3) is 3.57. The van der Waals surface area contributed by atoms with E-state index >= 15 is 0 Å². The second kappa shape index (κ2) is 5.23. The lowest BCUT2D eigenvalue weighted by Gasteiger charge is -2.29. The Kier molecular flexibility index (Phi) is 4.38. The number of hydrogen-bond acceptors (Lipinski definition) is 4. The topological polar surface area (TPSA) is 59.0 Å². The van der Waals surface area contributed by atoms with Gasteiger partial charge in [-0.1, -0.05) is 6.92 Å². The molecule has 1 fully saturated rings. The molecule has 1 saturated heterocycles. The Morgan fingerprint density at radius 1 is 1.47 bits per heavy atom. The van der Waals surface area contributed by atoms with E-state index in [2.05, 4.69) is 0 Å². The Hall–Kier alpha value is -0.810. The van der Waals surface area contributed by atoms with Gasteiger partial charge in [0.05, 0.1) is 25.3 Å². The Balaban J connectivity index is 2.71. The molecule has 3 atom stereocenters. The zero-order chi connectivity index (χ0) is 13.2. The number of nitrogens with zero attached hydrogens (tertiary/aromatic N) is 1. The minimum Gasteiger partial charge on any atom is -0.444 e. The van der Waals surface area contributed by atoms with Crippen molar-refractivity contribution in [2.45, 2.75) is 45.4 Å². The monoisotopic (exact) mass is 245 g/mol. The van der Waals surface area contributed by atoms with Crippen molar-refractivity contribution in [2.75, 3.05) is 20.3 Å². The summed E-state index contributed by atoms with van der Waals surface area (Å²) < 4.78 is 10.4. The number of carbonyl (C=O) groups is 1. The highest BCUT2D eigenvalue weighted by Gasteiger charge is 2.42. The molecule has 100 valence electrons. The van der Waals surface area contributed by atoms with Crippen molar-refractivity contribution in [1.82, 2.24) is 4.90 Å². The summed E-state index contributed by atoms with van der Waals surface area (Å²) in [7, 11) is 1.59. The van der Waals surface area contributed by atoms with Gasteiger partial charge in [0.25, 0.3) is 0 Å². The van der Waals surface area contributed by atoms with Gasteiger partial charge in [-0.05, 0) is 20.8 Å². The predicted octanol–water partition coefficient (Wildman–Crippen LogP) is 1.25. The molecular formula is C12H23NO4.